The van der Waals surface area contributed by atoms with E-state index >= 15 is 0 Å². The summed E-state index contributed by atoms with van der Waals surface area (Å²) in [5.74, 6) is 0.00627. The molecule has 0 aliphatic carbocycles. The number of aryl methyl sites for hydroxylation is 1. The monoisotopic (exact) mass is 490 g/mol. The Balaban J connectivity index is 1.53. The van der Waals surface area contributed by atoms with Crippen LogP contribution in [0.1, 0.15) is 21.5 Å². The van der Waals surface area contributed by atoms with E-state index in [-0.39, 0.29) is 35.3 Å². The average Bonchev–Trinajstić information content (AvgIpc) is 2.82. The third kappa shape index (κ3) is 4.96. The lowest BCUT2D eigenvalue weighted by atomic mass is 10.1. The first-order valence-corrected chi connectivity index (χ1v) is 12.1. The maximum absolute atomic E-state index is 13.1. The third-order valence-electron chi connectivity index (χ3n) is 5.42. The number of methoxy groups -OCH3 is 1. The Morgan fingerprint density at radius 2 is 1.91 bits per heavy atom. The number of esters is 1. The van der Waals surface area contributed by atoms with Gasteiger partial charge in [0.2, 0.25) is 10.0 Å². The van der Waals surface area contributed by atoms with E-state index in [1.165, 1.54) is 10.4 Å². The zero-order valence-corrected chi connectivity index (χ0v) is 19.8. The number of pyridine rings is 1. The zero-order chi connectivity index (χ0) is 23.6. The van der Waals surface area contributed by atoms with E-state index in [1.807, 2.05) is 6.07 Å². The Hall–Kier alpha value is -2.72. The molecule has 10 heteroatoms. The van der Waals surface area contributed by atoms with Gasteiger partial charge >= 0.3 is 5.97 Å². The smallest absolute Gasteiger partial charge is 0.338 e. The van der Waals surface area contributed by atoms with Crippen LogP contribution in [-0.4, -0.2) is 57.1 Å². The molecule has 0 radical (unpaired) electrons. The van der Waals surface area contributed by atoms with Crippen LogP contribution in [0.5, 0.6) is 5.75 Å². The van der Waals surface area contributed by atoms with Crippen LogP contribution in [0, 0.1) is 6.92 Å². The van der Waals surface area contributed by atoms with Gasteiger partial charge in [-0.2, -0.15) is 4.31 Å². The molecule has 1 aromatic heterocycles. The summed E-state index contributed by atoms with van der Waals surface area (Å²) in [5.41, 5.74) is 1.89. The van der Waals surface area contributed by atoms with Crippen LogP contribution in [-0.2, 0) is 26.1 Å². The van der Waals surface area contributed by atoms with Gasteiger partial charge in [-0.15, -0.1) is 0 Å². The predicted octanol–water partition coefficient (Wildman–Crippen LogP) is 3.58. The van der Waals surface area contributed by atoms with Crippen molar-refractivity contribution in [3.05, 3.63) is 64.3 Å². The summed E-state index contributed by atoms with van der Waals surface area (Å²) in [4.78, 5) is 17.1. The van der Waals surface area contributed by atoms with E-state index in [0.717, 1.165) is 5.39 Å². The van der Waals surface area contributed by atoms with Crippen LogP contribution in [0.2, 0.25) is 5.15 Å². The summed E-state index contributed by atoms with van der Waals surface area (Å²) in [6.07, 6.45) is 0. The van der Waals surface area contributed by atoms with E-state index < -0.39 is 16.0 Å². The van der Waals surface area contributed by atoms with Crippen LogP contribution in [0.15, 0.2) is 47.4 Å². The second-order valence-electron chi connectivity index (χ2n) is 7.57. The van der Waals surface area contributed by atoms with Crippen LogP contribution in [0.4, 0.5) is 0 Å². The van der Waals surface area contributed by atoms with Gasteiger partial charge in [-0.3, -0.25) is 0 Å². The Morgan fingerprint density at radius 1 is 1.15 bits per heavy atom. The van der Waals surface area contributed by atoms with Gasteiger partial charge in [0.15, 0.2) is 0 Å². The van der Waals surface area contributed by atoms with Crippen LogP contribution >= 0.6 is 11.6 Å². The van der Waals surface area contributed by atoms with Crippen molar-refractivity contribution in [2.75, 3.05) is 33.4 Å². The minimum atomic E-state index is -3.75. The molecule has 0 spiro atoms. The van der Waals surface area contributed by atoms with Crippen molar-refractivity contribution < 1.29 is 27.4 Å². The highest BCUT2D eigenvalue weighted by Crippen LogP contribution is 2.26. The summed E-state index contributed by atoms with van der Waals surface area (Å²) in [7, 11) is -2.18. The lowest BCUT2D eigenvalue weighted by molar-refractivity contribution is 0.0472. The van der Waals surface area contributed by atoms with E-state index in [0.29, 0.717) is 35.6 Å². The number of carbonyl (C=O) groups excluding carboxylic acids is 1. The van der Waals surface area contributed by atoms with E-state index in [9.17, 15) is 13.2 Å². The fourth-order valence-corrected chi connectivity index (χ4v) is 5.41. The molecule has 0 unspecified atom stereocenters. The number of benzene rings is 2. The number of hydrogen-bond donors (Lipinski definition) is 0. The molecule has 2 heterocycles. The topological polar surface area (TPSA) is 95.0 Å². The Morgan fingerprint density at radius 3 is 2.64 bits per heavy atom. The number of rotatable bonds is 6. The molecule has 4 rings (SSSR count). The predicted molar refractivity (Wildman–Crippen MR) is 123 cm³/mol. The number of fused-ring (bicyclic) bond motifs is 1. The van der Waals surface area contributed by atoms with E-state index in [4.69, 9.17) is 25.8 Å². The molecular weight excluding hydrogens is 468 g/mol. The van der Waals surface area contributed by atoms with Gasteiger partial charge in [0.05, 0.1) is 36.3 Å². The number of aromatic nitrogens is 1. The summed E-state index contributed by atoms with van der Waals surface area (Å²) < 4.78 is 43.4. The van der Waals surface area contributed by atoms with Crippen molar-refractivity contribution in [1.29, 1.82) is 0 Å². The number of morpholine rings is 1. The molecule has 2 aromatic carbocycles. The first-order valence-electron chi connectivity index (χ1n) is 10.3. The largest absolute Gasteiger partial charge is 0.497 e. The first kappa shape index (κ1) is 23.4. The minimum absolute atomic E-state index is 0.0817. The lowest BCUT2D eigenvalue weighted by Gasteiger charge is -2.26. The number of ether oxygens (including phenoxy) is 3. The van der Waals surface area contributed by atoms with Crippen molar-refractivity contribution in [1.82, 2.24) is 9.29 Å². The fourth-order valence-electron chi connectivity index (χ4n) is 3.55. The highest BCUT2D eigenvalue weighted by molar-refractivity contribution is 7.89. The van der Waals surface area contributed by atoms with Crippen molar-refractivity contribution in [2.24, 2.45) is 0 Å². The second-order valence-corrected chi connectivity index (χ2v) is 9.83. The highest BCUT2D eigenvalue weighted by Gasteiger charge is 2.28. The molecule has 8 nitrogen and oxygen atoms in total. The Kier molecular flexibility index (Phi) is 6.85. The Labute approximate surface area is 197 Å². The van der Waals surface area contributed by atoms with Crippen LogP contribution < -0.4 is 4.74 Å². The molecule has 1 fully saturated rings. The van der Waals surface area contributed by atoms with Gasteiger partial charge < -0.3 is 14.2 Å². The average molecular weight is 491 g/mol. The maximum Gasteiger partial charge on any atom is 0.338 e. The summed E-state index contributed by atoms with van der Waals surface area (Å²) in [6, 6.07) is 11.7. The number of halogens is 1. The van der Waals surface area contributed by atoms with Crippen molar-refractivity contribution in [2.45, 2.75) is 18.4 Å². The van der Waals surface area contributed by atoms with Crippen molar-refractivity contribution >= 4 is 38.5 Å². The zero-order valence-electron chi connectivity index (χ0n) is 18.2. The van der Waals surface area contributed by atoms with Gasteiger partial charge in [0.1, 0.15) is 17.5 Å². The quantitative estimate of drug-likeness (QED) is 0.385. The molecule has 0 saturated carbocycles. The lowest BCUT2D eigenvalue weighted by Crippen LogP contribution is -2.40. The summed E-state index contributed by atoms with van der Waals surface area (Å²) >= 11 is 6.28. The van der Waals surface area contributed by atoms with E-state index in [1.54, 1.807) is 44.4 Å². The third-order valence-corrected chi connectivity index (χ3v) is 7.79. The minimum Gasteiger partial charge on any atom is -0.497 e. The van der Waals surface area contributed by atoms with E-state index in [2.05, 4.69) is 4.98 Å². The van der Waals surface area contributed by atoms with Gasteiger partial charge in [-0.25, -0.2) is 18.2 Å². The molecule has 1 aliphatic heterocycles. The molecule has 1 aliphatic rings. The number of nitrogens with zero attached hydrogens (tertiary/aromatic N) is 2. The fraction of sp³-hybridized carbons (Fsp3) is 0.304. The molecule has 0 amide bonds. The summed E-state index contributed by atoms with van der Waals surface area (Å²) in [5, 5.41) is 1.03. The molecule has 33 heavy (non-hydrogen) atoms. The number of carbonyl (C=O) groups is 1. The van der Waals surface area contributed by atoms with Gasteiger partial charge in [-0.05, 0) is 42.8 Å². The number of hydrogen-bond acceptors (Lipinski definition) is 7. The van der Waals surface area contributed by atoms with Crippen molar-refractivity contribution in [3.8, 4) is 5.75 Å². The molecule has 1 saturated heterocycles. The van der Waals surface area contributed by atoms with Crippen LogP contribution in [0.3, 0.4) is 0 Å². The molecule has 0 bridgehead atoms. The second kappa shape index (κ2) is 9.64. The first-order chi connectivity index (χ1) is 15.8. The van der Waals surface area contributed by atoms with Gasteiger partial charge in [-0.1, -0.05) is 17.7 Å². The molecule has 174 valence electrons. The van der Waals surface area contributed by atoms with Gasteiger partial charge in [0.25, 0.3) is 0 Å². The molecule has 0 N–H and O–H groups in total. The molecule has 0 atom stereocenters. The normalized spacial score (nSPS) is 14.9. The van der Waals surface area contributed by atoms with Gasteiger partial charge in [0, 0.05) is 30.1 Å². The standard InChI is InChI=1S/C23H23ClN2O6S/c1-15-3-4-17(12-21(15)33(28,29)26-7-9-31-10-8-26)23(27)32-14-18-11-16-5-6-19(30-2)13-20(16)25-22(18)24/h3-6,11-13H,7-10,14H2,1-2H3. The number of sulfonamides is 1. The van der Waals surface area contributed by atoms with Crippen molar-refractivity contribution in [3.63, 3.8) is 0 Å². The Bertz CT molecular complexity index is 1310. The summed E-state index contributed by atoms with van der Waals surface area (Å²) in [6.45, 7) is 2.82. The van der Waals surface area contributed by atoms with Crippen LogP contribution in [0.25, 0.3) is 10.9 Å². The molecular formula is C23H23ClN2O6S. The maximum atomic E-state index is 13.1. The molecule has 3 aromatic rings. The SMILES string of the molecule is COc1ccc2cc(COC(=O)c3ccc(C)c(S(=O)(=O)N4CCOCC4)c3)c(Cl)nc2c1. The highest BCUT2D eigenvalue weighted by atomic mass is 35.5.